The molecule has 2 rings (SSSR count). The average molecular weight is 403 g/mol. The fourth-order valence-corrected chi connectivity index (χ4v) is 2.96. The number of aryl methyl sites for hydroxylation is 1. The molecule has 1 aliphatic heterocycles. The summed E-state index contributed by atoms with van der Waals surface area (Å²) >= 11 is 0. The standard InChI is InChI=1S/C18H33N3O7/c1-7-11-8-21(20-19-11)9-12-15(27-16(25-6)10(2)22)13(23)14(24)17(26-12)28-18(3,4)5/h8,10,12-17,22-24H,7,9H2,1-6H3. The molecule has 0 aliphatic carbocycles. The first kappa shape index (κ1) is 23.1. The van der Waals surface area contributed by atoms with Crippen molar-refractivity contribution in [3.63, 3.8) is 0 Å². The summed E-state index contributed by atoms with van der Waals surface area (Å²) in [6, 6.07) is 0. The van der Waals surface area contributed by atoms with Gasteiger partial charge in [-0.3, -0.25) is 0 Å². The molecule has 1 saturated heterocycles. The van der Waals surface area contributed by atoms with Crippen molar-refractivity contribution in [1.82, 2.24) is 15.0 Å². The van der Waals surface area contributed by atoms with E-state index in [4.69, 9.17) is 18.9 Å². The lowest BCUT2D eigenvalue weighted by molar-refractivity contribution is -0.343. The summed E-state index contributed by atoms with van der Waals surface area (Å²) in [6.45, 7) is 9.16. The van der Waals surface area contributed by atoms with Crippen LogP contribution >= 0.6 is 0 Å². The van der Waals surface area contributed by atoms with E-state index in [1.807, 2.05) is 27.7 Å². The molecule has 1 aromatic heterocycles. The summed E-state index contributed by atoms with van der Waals surface area (Å²) in [5.41, 5.74) is 0.219. The molecule has 1 fully saturated rings. The van der Waals surface area contributed by atoms with Gasteiger partial charge in [0.1, 0.15) is 30.5 Å². The van der Waals surface area contributed by atoms with Gasteiger partial charge in [0.25, 0.3) is 0 Å². The molecular formula is C18H33N3O7. The van der Waals surface area contributed by atoms with Crippen molar-refractivity contribution in [1.29, 1.82) is 0 Å². The molecule has 0 amide bonds. The molecule has 0 spiro atoms. The second kappa shape index (κ2) is 9.57. The highest BCUT2D eigenvalue weighted by atomic mass is 16.7. The summed E-state index contributed by atoms with van der Waals surface area (Å²) in [5.74, 6) is 0. The number of aromatic nitrogens is 3. The number of nitrogens with zero attached hydrogens (tertiary/aromatic N) is 3. The molecular weight excluding hydrogens is 370 g/mol. The molecule has 3 N–H and O–H groups in total. The molecule has 0 bridgehead atoms. The molecule has 7 unspecified atom stereocenters. The van der Waals surface area contributed by atoms with Crippen molar-refractivity contribution in [2.24, 2.45) is 0 Å². The van der Waals surface area contributed by atoms with Crippen LogP contribution in [-0.4, -0.2) is 86.1 Å². The van der Waals surface area contributed by atoms with E-state index in [1.165, 1.54) is 14.0 Å². The van der Waals surface area contributed by atoms with Crippen LogP contribution in [0.3, 0.4) is 0 Å². The molecule has 28 heavy (non-hydrogen) atoms. The van der Waals surface area contributed by atoms with Crippen molar-refractivity contribution >= 4 is 0 Å². The Morgan fingerprint density at radius 1 is 1.29 bits per heavy atom. The Kier molecular flexibility index (Phi) is 7.91. The lowest BCUT2D eigenvalue weighted by atomic mass is 9.98. The monoisotopic (exact) mass is 403 g/mol. The van der Waals surface area contributed by atoms with Crippen LogP contribution in [0, 0.1) is 0 Å². The van der Waals surface area contributed by atoms with Crippen molar-refractivity contribution < 1.29 is 34.3 Å². The fourth-order valence-electron chi connectivity index (χ4n) is 2.96. The zero-order chi connectivity index (χ0) is 21.1. The number of aliphatic hydroxyl groups is 3. The van der Waals surface area contributed by atoms with Crippen LogP contribution in [0.1, 0.15) is 40.3 Å². The van der Waals surface area contributed by atoms with Gasteiger partial charge in [0.05, 0.1) is 17.8 Å². The van der Waals surface area contributed by atoms with Gasteiger partial charge in [-0.1, -0.05) is 12.1 Å². The summed E-state index contributed by atoms with van der Waals surface area (Å²) in [5, 5.41) is 39.2. The predicted molar refractivity (Wildman–Crippen MR) is 98.3 cm³/mol. The van der Waals surface area contributed by atoms with Gasteiger partial charge in [-0.25, -0.2) is 4.68 Å². The van der Waals surface area contributed by atoms with E-state index in [9.17, 15) is 15.3 Å². The maximum absolute atomic E-state index is 10.7. The van der Waals surface area contributed by atoms with E-state index in [0.29, 0.717) is 0 Å². The summed E-state index contributed by atoms with van der Waals surface area (Å²) in [4.78, 5) is 0. The smallest absolute Gasteiger partial charge is 0.187 e. The van der Waals surface area contributed by atoms with Gasteiger partial charge < -0.3 is 34.3 Å². The Bertz CT molecular complexity index is 604. The second-order valence-electron chi connectivity index (χ2n) is 7.99. The van der Waals surface area contributed by atoms with E-state index in [2.05, 4.69) is 10.3 Å². The SMILES string of the molecule is CCc1cn(CC2OC(OC(C)(C)C)C(O)C(O)C2OC(OC)C(C)O)nn1. The normalized spacial score (nSPS) is 31.0. The zero-order valence-electron chi connectivity index (χ0n) is 17.3. The predicted octanol–water partition coefficient (Wildman–Crippen LogP) is -0.159. The fraction of sp³-hybridized carbons (Fsp3) is 0.889. The lowest BCUT2D eigenvalue weighted by Crippen LogP contribution is -2.62. The molecule has 10 heteroatoms. The number of hydrogen-bond acceptors (Lipinski definition) is 9. The first-order valence-electron chi connectivity index (χ1n) is 9.50. The summed E-state index contributed by atoms with van der Waals surface area (Å²) < 4.78 is 24.2. The van der Waals surface area contributed by atoms with Crippen LogP contribution in [0.4, 0.5) is 0 Å². The van der Waals surface area contributed by atoms with Crippen LogP contribution in [0.15, 0.2) is 6.20 Å². The third-order valence-electron chi connectivity index (χ3n) is 4.34. The van der Waals surface area contributed by atoms with Crippen LogP contribution in [-0.2, 0) is 31.9 Å². The van der Waals surface area contributed by atoms with Crippen LogP contribution in [0.5, 0.6) is 0 Å². The van der Waals surface area contributed by atoms with Gasteiger partial charge in [0.2, 0.25) is 0 Å². The van der Waals surface area contributed by atoms with Gasteiger partial charge in [0, 0.05) is 13.3 Å². The lowest BCUT2D eigenvalue weighted by Gasteiger charge is -2.44. The van der Waals surface area contributed by atoms with Gasteiger partial charge in [0.15, 0.2) is 12.6 Å². The quantitative estimate of drug-likeness (QED) is 0.507. The summed E-state index contributed by atoms with van der Waals surface area (Å²) in [7, 11) is 1.38. The summed E-state index contributed by atoms with van der Waals surface area (Å²) in [6.07, 6.45) is -4.86. The van der Waals surface area contributed by atoms with Crippen LogP contribution in [0.2, 0.25) is 0 Å². The molecule has 10 nitrogen and oxygen atoms in total. The van der Waals surface area contributed by atoms with E-state index < -0.39 is 48.7 Å². The highest BCUT2D eigenvalue weighted by Crippen LogP contribution is 2.29. The first-order chi connectivity index (χ1) is 13.1. The zero-order valence-corrected chi connectivity index (χ0v) is 17.3. The minimum atomic E-state index is -1.34. The largest absolute Gasteiger partial charge is 0.388 e. The van der Waals surface area contributed by atoms with Crippen molar-refractivity contribution in [2.45, 2.75) is 96.3 Å². The Morgan fingerprint density at radius 2 is 1.96 bits per heavy atom. The van der Waals surface area contributed by atoms with Gasteiger partial charge in [-0.15, -0.1) is 5.10 Å². The van der Waals surface area contributed by atoms with Gasteiger partial charge in [-0.2, -0.15) is 0 Å². The minimum Gasteiger partial charge on any atom is -0.388 e. The molecule has 0 radical (unpaired) electrons. The van der Waals surface area contributed by atoms with Crippen molar-refractivity contribution in [3.05, 3.63) is 11.9 Å². The van der Waals surface area contributed by atoms with Crippen molar-refractivity contribution in [3.8, 4) is 0 Å². The average Bonchev–Trinajstić information content (AvgIpc) is 3.05. The topological polar surface area (TPSA) is 128 Å². The van der Waals surface area contributed by atoms with Gasteiger partial charge >= 0.3 is 0 Å². The number of rotatable bonds is 8. The third kappa shape index (κ3) is 5.93. The number of aliphatic hydroxyl groups excluding tert-OH is 3. The molecule has 1 aromatic rings. The molecule has 162 valence electrons. The van der Waals surface area contributed by atoms with E-state index in [-0.39, 0.29) is 6.54 Å². The molecule has 0 aromatic carbocycles. The minimum absolute atomic E-state index is 0.210. The number of methoxy groups -OCH3 is 1. The Morgan fingerprint density at radius 3 is 2.46 bits per heavy atom. The van der Waals surface area contributed by atoms with Crippen LogP contribution in [0.25, 0.3) is 0 Å². The van der Waals surface area contributed by atoms with E-state index >= 15 is 0 Å². The molecule has 0 saturated carbocycles. The Labute approximate surface area is 165 Å². The Balaban J connectivity index is 2.24. The second-order valence-corrected chi connectivity index (χ2v) is 7.99. The highest BCUT2D eigenvalue weighted by Gasteiger charge is 2.48. The number of ether oxygens (including phenoxy) is 4. The highest BCUT2D eigenvalue weighted by molar-refractivity contribution is 4.95. The van der Waals surface area contributed by atoms with E-state index in [0.717, 1.165) is 12.1 Å². The van der Waals surface area contributed by atoms with Crippen molar-refractivity contribution in [2.75, 3.05) is 7.11 Å². The first-order valence-corrected chi connectivity index (χ1v) is 9.50. The Hall–Kier alpha value is -1.14. The maximum atomic E-state index is 10.7. The third-order valence-corrected chi connectivity index (χ3v) is 4.34. The number of hydrogen-bond donors (Lipinski definition) is 3. The maximum Gasteiger partial charge on any atom is 0.187 e. The van der Waals surface area contributed by atoms with E-state index in [1.54, 1.807) is 10.9 Å². The van der Waals surface area contributed by atoms with Crippen LogP contribution < -0.4 is 0 Å². The molecule has 1 aliphatic rings. The van der Waals surface area contributed by atoms with Gasteiger partial charge in [-0.05, 0) is 34.1 Å². The molecule has 7 atom stereocenters. The molecule has 2 heterocycles.